The minimum absolute atomic E-state index is 0.0740. The van der Waals surface area contributed by atoms with Crippen molar-refractivity contribution in [2.75, 3.05) is 0 Å². The minimum atomic E-state index is -0.240. The lowest BCUT2D eigenvalue weighted by Crippen LogP contribution is -2.42. The van der Waals surface area contributed by atoms with E-state index in [1.54, 1.807) is 4.57 Å². The van der Waals surface area contributed by atoms with Crippen LogP contribution in [0, 0.1) is 0 Å². The molecule has 0 N–H and O–H groups in total. The van der Waals surface area contributed by atoms with Gasteiger partial charge in [0, 0.05) is 18.2 Å². The molecule has 1 heterocycles. The maximum atomic E-state index is 12.6. The van der Waals surface area contributed by atoms with Gasteiger partial charge in [-0.1, -0.05) is 37.3 Å². The van der Waals surface area contributed by atoms with E-state index in [0.717, 1.165) is 51.4 Å². The molecule has 1 aromatic rings. The van der Waals surface area contributed by atoms with Crippen molar-refractivity contribution in [2.24, 2.45) is 0 Å². The van der Waals surface area contributed by atoms with Crippen molar-refractivity contribution in [1.29, 1.82) is 0 Å². The minimum Gasteiger partial charge on any atom is -0.281 e. The third-order valence-corrected chi connectivity index (χ3v) is 4.79. The molecular weight excluding hydrogens is 264 g/mol. The normalized spacial score (nSPS) is 21.3. The SMILES string of the molecule is O=c1cc(Cl)n(C2CCCC2)c(=O)n1C1CCCC1. The Bertz CT molecular complexity index is 578. The van der Waals surface area contributed by atoms with E-state index >= 15 is 0 Å². The van der Waals surface area contributed by atoms with Gasteiger partial charge < -0.3 is 0 Å². The van der Waals surface area contributed by atoms with E-state index in [9.17, 15) is 9.59 Å². The average Bonchev–Trinajstić information content (AvgIpc) is 3.00. The predicted octanol–water partition coefficient (Wildman–Crippen LogP) is 2.89. The summed E-state index contributed by atoms with van der Waals surface area (Å²) in [4.78, 5) is 24.7. The summed E-state index contributed by atoms with van der Waals surface area (Å²) in [7, 11) is 0. The van der Waals surface area contributed by atoms with E-state index in [1.165, 1.54) is 10.6 Å². The Kier molecular flexibility index (Phi) is 3.52. The van der Waals surface area contributed by atoms with Gasteiger partial charge in [-0.3, -0.25) is 13.9 Å². The van der Waals surface area contributed by atoms with Gasteiger partial charge in [0.05, 0.1) is 0 Å². The molecule has 0 aliphatic heterocycles. The predicted molar refractivity (Wildman–Crippen MR) is 75.0 cm³/mol. The lowest BCUT2D eigenvalue weighted by molar-refractivity contribution is 0.416. The second-order valence-electron chi connectivity index (χ2n) is 5.70. The van der Waals surface area contributed by atoms with E-state index in [-0.39, 0.29) is 23.3 Å². The Balaban J connectivity index is 2.11. The molecule has 5 heteroatoms. The molecule has 4 nitrogen and oxygen atoms in total. The molecule has 0 saturated heterocycles. The number of nitrogens with zero attached hydrogens (tertiary/aromatic N) is 2. The van der Waals surface area contributed by atoms with E-state index in [4.69, 9.17) is 11.6 Å². The number of hydrogen-bond donors (Lipinski definition) is 0. The lowest BCUT2D eigenvalue weighted by Gasteiger charge is -2.20. The highest BCUT2D eigenvalue weighted by Gasteiger charge is 2.26. The fraction of sp³-hybridized carbons (Fsp3) is 0.714. The molecule has 2 aliphatic rings. The van der Waals surface area contributed by atoms with Gasteiger partial charge in [-0.05, 0) is 25.7 Å². The van der Waals surface area contributed by atoms with Gasteiger partial charge in [-0.25, -0.2) is 4.79 Å². The third-order valence-electron chi connectivity index (χ3n) is 4.50. The molecule has 104 valence electrons. The summed E-state index contributed by atoms with van der Waals surface area (Å²) >= 11 is 6.14. The van der Waals surface area contributed by atoms with Crippen LogP contribution in [0.2, 0.25) is 5.15 Å². The second kappa shape index (κ2) is 5.16. The molecule has 2 saturated carbocycles. The van der Waals surface area contributed by atoms with E-state index in [0.29, 0.717) is 5.15 Å². The summed E-state index contributed by atoms with van der Waals surface area (Å²) in [6.07, 6.45) is 8.31. The summed E-state index contributed by atoms with van der Waals surface area (Å²) in [5, 5.41) is 0.302. The molecular formula is C14H19ClN2O2. The van der Waals surface area contributed by atoms with Gasteiger partial charge in [0.1, 0.15) is 5.15 Å². The molecule has 2 fully saturated rings. The molecule has 0 radical (unpaired) electrons. The van der Waals surface area contributed by atoms with Crippen LogP contribution in [-0.4, -0.2) is 9.13 Å². The zero-order valence-corrected chi connectivity index (χ0v) is 11.7. The maximum absolute atomic E-state index is 12.6. The van der Waals surface area contributed by atoms with Crippen LogP contribution in [0.25, 0.3) is 0 Å². The van der Waals surface area contributed by atoms with Crippen LogP contribution < -0.4 is 11.2 Å². The van der Waals surface area contributed by atoms with Crippen molar-refractivity contribution >= 4 is 11.6 Å². The zero-order valence-electron chi connectivity index (χ0n) is 11.0. The first-order chi connectivity index (χ1) is 9.18. The summed E-state index contributed by atoms with van der Waals surface area (Å²) in [5.41, 5.74) is -0.438. The number of hydrogen-bond acceptors (Lipinski definition) is 2. The summed E-state index contributed by atoms with van der Waals surface area (Å²) < 4.78 is 3.09. The first kappa shape index (κ1) is 13.0. The smallest absolute Gasteiger partial charge is 0.281 e. The molecule has 1 aromatic heterocycles. The summed E-state index contributed by atoms with van der Waals surface area (Å²) in [5.74, 6) is 0. The van der Waals surface area contributed by atoms with Gasteiger partial charge in [-0.15, -0.1) is 0 Å². The fourth-order valence-electron chi connectivity index (χ4n) is 3.53. The molecule has 0 unspecified atom stereocenters. The van der Waals surface area contributed by atoms with Crippen molar-refractivity contribution in [1.82, 2.24) is 9.13 Å². The molecule has 0 spiro atoms. The lowest BCUT2D eigenvalue weighted by atomic mass is 10.2. The topological polar surface area (TPSA) is 44.0 Å². The molecule has 0 atom stereocenters. The molecule has 0 bridgehead atoms. The Hall–Kier alpha value is -1.03. The highest BCUT2D eigenvalue weighted by molar-refractivity contribution is 6.29. The highest BCUT2D eigenvalue weighted by Crippen LogP contribution is 2.31. The molecule has 3 rings (SSSR count). The van der Waals surface area contributed by atoms with Crippen LogP contribution in [0.4, 0.5) is 0 Å². The Morgan fingerprint density at radius 3 is 1.89 bits per heavy atom. The average molecular weight is 283 g/mol. The van der Waals surface area contributed by atoms with E-state index < -0.39 is 0 Å². The van der Waals surface area contributed by atoms with E-state index in [2.05, 4.69) is 0 Å². The summed E-state index contributed by atoms with van der Waals surface area (Å²) in [6.45, 7) is 0. The fourth-order valence-corrected chi connectivity index (χ4v) is 3.84. The van der Waals surface area contributed by atoms with Crippen molar-refractivity contribution in [3.8, 4) is 0 Å². The Morgan fingerprint density at radius 2 is 1.37 bits per heavy atom. The number of aromatic nitrogens is 2. The standard InChI is InChI=1S/C14H19ClN2O2/c15-12-9-13(18)17(11-7-3-4-8-11)14(19)16(12)10-5-1-2-6-10/h9-11H,1-8H2. The van der Waals surface area contributed by atoms with Crippen molar-refractivity contribution in [2.45, 2.75) is 63.5 Å². The second-order valence-corrected chi connectivity index (χ2v) is 6.09. The Morgan fingerprint density at radius 1 is 0.895 bits per heavy atom. The van der Waals surface area contributed by atoms with E-state index in [1.807, 2.05) is 0 Å². The van der Waals surface area contributed by atoms with Crippen LogP contribution in [-0.2, 0) is 0 Å². The first-order valence-corrected chi connectivity index (χ1v) is 7.60. The molecule has 0 amide bonds. The Labute approximate surface area is 117 Å². The third kappa shape index (κ3) is 2.27. The van der Waals surface area contributed by atoms with Gasteiger partial charge in [0.15, 0.2) is 0 Å². The van der Waals surface area contributed by atoms with Crippen LogP contribution in [0.1, 0.15) is 63.5 Å². The number of halogens is 1. The van der Waals surface area contributed by atoms with Crippen LogP contribution in [0.3, 0.4) is 0 Å². The van der Waals surface area contributed by atoms with Gasteiger partial charge in [0.25, 0.3) is 5.56 Å². The molecule has 0 aromatic carbocycles. The maximum Gasteiger partial charge on any atom is 0.332 e. The van der Waals surface area contributed by atoms with Crippen molar-refractivity contribution in [3.63, 3.8) is 0 Å². The van der Waals surface area contributed by atoms with Gasteiger partial charge in [0.2, 0.25) is 0 Å². The van der Waals surface area contributed by atoms with Crippen molar-refractivity contribution < 1.29 is 0 Å². The van der Waals surface area contributed by atoms with Crippen LogP contribution in [0.15, 0.2) is 15.7 Å². The van der Waals surface area contributed by atoms with Crippen LogP contribution in [0.5, 0.6) is 0 Å². The molecule has 19 heavy (non-hydrogen) atoms. The highest BCUT2D eigenvalue weighted by atomic mass is 35.5. The quantitative estimate of drug-likeness (QED) is 0.783. The van der Waals surface area contributed by atoms with Gasteiger partial charge >= 0.3 is 5.69 Å². The van der Waals surface area contributed by atoms with Crippen molar-refractivity contribution in [3.05, 3.63) is 32.1 Å². The monoisotopic (exact) mass is 282 g/mol. The molecule has 2 aliphatic carbocycles. The first-order valence-electron chi connectivity index (χ1n) is 7.22. The van der Waals surface area contributed by atoms with Gasteiger partial charge in [-0.2, -0.15) is 0 Å². The zero-order chi connectivity index (χ0) is 13.4. The van der Waals surface area contributed by atoms with Crippen LogP contribution >= 0.6 is 11.6 Å². The largest absolute Gasteiger partial charge is 0.332 e. The number of rotatable bonds is 2. The summed E-state index contributed by atoms with van der Waals surface area (Å²) in [6, 6.07) is 1.66.